The maximum Gasteiger partial charge on any atom is 0.243 e. The summed E-state index contributed by atoms with van der Waals surface area (Å²) in [4.78, 5) is 25.3. The third-order valence-corrected chi connectivity index (χ3v) is 5.61. The Labute approximate surface area is 147 Å². The highest BCUT2D eigenvalue weighted by atomic mass is 35.5. The molecule has 6 heteroatoms. The van der Waals surface area contributed by atoms with Gasteiger partial charge in [0.1, 0.15) is 6.61 Å². The van der Waals surface area contributed by atoms with Crippen molar-refractivity contribution >= 4 is 23.4 Å². The number of piperidine rings is 1. The average Bonchev–Trinajstić information content (AvgIpc) is 2.54. The molecule has 130 valence electrons. The highest BCUT2D eigenvalue weighted by molar-refractivity contribution is 6.30. The number of nitrogens with zero attached hydrogens (tertiary/aromatic N) is 1. The Morgan fingerprint density at radius 2 is 2.04 bits per heavy atom. The molecule has 2 N–H and O–H groups in total. The Morgan fingerprint density at radius 3 is 2.62 bits per heavy atom. The minimum atomic E-state index is -0.425. The first-order valence-corrected chi connectivity index (χ1v) is 8.78. The van der Waals surface area contributed by atoms with Gasteiger partial charge in [0.05, 0.1) is 12.5 Å². The molecule has 1 saturated heterocycles. The van der Waals surface area contributed by atoms with Gasteiger partial charge in [0.2, 0.25) is 11.8 Å². The molecule has 1 aromatic carbocycles. The number of amides is 2. The quantitative estimate of drug-likeness (QED) is 0.884. The Kier molecular flexibility index (Phi) is 5.11. The lowest BCUT2D eigenvalue weighted by atomic mass is 9.60. The van der Waals surface area contributed by atoms with Gasteiger partial charge in [-0.3, -0.25) is 9.59 Å². The molecule has 1 heterocycles. The summed E-state index contributed by atoms with van der Waals surface area (Å²) >= 11 is 5.97. The summed E-state index contributed by atoms with van der Waals surface area (Å²) in [6, 6.07) is 7.44. The highest BCUT2D eigenvalue weighted by Crippen LogP contribution is 2.50. The SMILES string of the molecule is NC(=O)COC1CCC12CCN(C(=O)Cc1cccc(Cl)c1)CC2. The first-order valence-electron chi connectivity index (χ1n) is 8.41. The normalized spacial score (nSPS) is 22.2. The van der Waals surface area contributed by atoms with Crippen molar-refractivity contribution < 1.29 is 14.3 Å². The first kappa shape index (κ1) is 17.2. The van der Waals surface area contributed by atoms with Crippen molar-refractivity contribution in [2.75, 3.05) is 19.7 Å². The van der Waals surface area contributed by atoms with Gasteiger partial charge in [-0.05, 0) is 43.4 Å². The van der Waals surface area contributed by atoms with Gasteiger partial charge in [-0.2, -0.15) is 0 Å². The smallest absolute Gasteiger partial charge is 0.243 e. The van der Waals surface area contributed by atoms with Crippen LogP contribution >= 0.6 is 11.6 Å². The number of benzene rings is 1. The van der Waals surface area contributed by atoms with Gasteiger partial charge in [-0.15, -0.1) is 0 Å². The Balaban J connectivity index is 1.51. The molecule has 24 heavy (non-hydrogen) atoms. The van der Waals surface area contributed by atoms with Crippen LogP contribution in [0.1, 0.15) is 31.2 Å². The molecule has 1 saturated carbocycles. The predicted molar refractivity (Wildman–Crippen MR) is 91.6 cm³/mol. The zero-order valence-corrected chi connectivity index (χ0v) is 14.4. The number of ether oxygens (including phenoxy) is 1. The first-order chi connectivity index (χ1) is 11.5. The number of primary amides is 1. The second-order valence-electron chi connectivity index (χ2n) is 6.85. The van der Waals surface area contributed by atoms with Gasteiger partial charge in [0, 0.05) is 23.5 Å². The molecule has 1 aliphatic heterocycles. The molecule has 2 aliphatic rings. The topological polar surface area (TPSA) is 72.6 Å². The molecular formula is C18H23ClN2O3. The molecule has 1 atom stereocenters. The van der Waals surface area contributed by atoms with E-state index < -0.39 is 5.91 Å². The summed E-state index contributed by atoms with van der Waals surface area (Å²) in [5, 5.41) is 0.654. The van der Waals surface area contributed by atoms with E-state index in [-0.39, 0.29) is 24.0 Å². The number of carbonyl (C=O) groups excluding carboxylic acids is 2. The minimum absolute atomic E-state index is 0.0101. The van der Waals surface area contributed by atoms with E-state index in [1.807, 2.05) is 29.2 Å². The molecule has 1 aliphatic carbocycles. The Bertz CT molecular complexity index is 626. The fraction of sp³-hybridized carbons (Fsp3) is 0.556. The van der Waals surface area contributed by atoms with Crippen LogP contribution in [0.15, 0.2) is 24.3 Å². The van der Waals surface area contributed by atoms with Crippen LogP contribution in [0, 0.1) is 5.41 Å². The van der Waals surface area contributed by atoms with E-state index in [0.29, 0.717) is 11.4 Å². The lowest BCUT2D eigenvalue weighted by Crippen LogP contribution is -2.54. The summed E-state index contributed by atoms with van der Waals surface area (Å²) in [5.41, 5.74) is 6.23. The zero-order chi connectivity index (χ0) is 17.2. The van der Waals surface area contributed by atoms with Crippen LogP contribution in [0.25, 0.3) is 0 Å². The fourth-order valence-corrected chi connectivity index (χ4v) is 4.03. The van der Waals surface area contributed by atoms with Gasteiger partial charge >= 0.3 is 0 Å². The van der Waals surface area contributed by atoms with Crippen molar-refractivity contribution in [3.63, 3.8) is 0 Å². The monoisotopic (exact) mass is 350 g/mol. The maximum absolute atomic E-state index is 12.5. The third-order valence-electron chi connectivity index (χ3n) is 5.37. The van der Waals surface area contributed by atoms with E-state index in [1.54, 1.807) is 0 Å². The van der Waals surface area contributed by atoms with Gasteiger partial charge in [-0.1, -0.05) is 23.7 Å². The molecule has 0 bridgehead atoms. The standard InChI is InChI=1S/C18H23ClN2O3/c19-14-3-1-2-13(10-14)11-17(23)21-8-6-18(7-9-21)5-4-15(18)24-12-16(20)22/h1-3,10,15H,4-9,11-12H2,(H2,20,22). The molecule has 2 amide bonds. The van der Waals surface area contributed by atoms with E-state index in [0.717, 1.165) is 44.3 Å². The number of likely N-dealkylation sites (tertiary alicyclic amines) is 1. The van der Waals surface area contributed by atoms with Crippen molar-refractivity contribution in [3.8, 4) is 0 Å². The molecule has 1 unspecified atom stereocenters. The van der Waals surface area contributed by atoms with Crippen molar-refractivity contribution in [1.29, 1.82) is 0 Å². The summed E-state index contributed by atoms with van der Waals surface area (Å²) in [6.45, 7) is 1.48. The molecule has 3 rings (SSSR count). The molecular weight excluding hydrogens is 328 g/mol. The van der Waals surface area contributed by atoms with Gasteiger partial charge in [-0.25, -0.2) is 0 Å². The lowest BCUT2D eigenvalue weighted by Gasteiger charge is -2.53. The summed E-state index contributed by atoms with van der Waals surface area (Å²) in [6.07, 6.45) is 4.43. The highest BCUT2D eigenvalue weighted by Gasteiger charge is 2.49. The van der Waals surface area contributed by atoms with E-state index in [2.05, 4.69) is 0 Å². The number of rotatable bonds is 5. The largest absolute Gasteiger partial charge is 0.368 e. The summed E-state index contributed by atoms with van der Waals surface area (Å²) < 4.78 is 5.64. The second-order valence-corrected chi connectivity index (χ2v) is 7.29. The van der Waals surface area contributed by atoms with Crippen molar-refractivity contribution in [3.05, 3.63) is 34.9 Å². The number of hydrogen-bond acceptors (Lipinski definition) is 3. The lowest BCUT2D eigenvalue weighted by molar-refractivity contribution is -0.155. The molecule has 1 aromatic rings. The number of nitrogens with two attached hydrogens (primary N) is 1. The average molecular weight is 351 g/mol. The second kappa shape index (κ2) is 7.11. The Morgan fingerprint density at radius 1 is 1.29 bits per heavy atom. The molecule has 5 nitrogen and oxygen atoms in total. The minimum Gasteiger partial charge on any atom is -0.368 e. The van der Waals surface area contributed by atoms with Crippen LogP contribution in [0.5, 0.6) is 0 Å². The van der Waals surface area contributed by atoms with Crippen LogP contribution in [-0.2, 0) is 20.7 Å². The summed E-state index contributed by atoms with van der Waals surface area (Å²) in [7, 11) is 0. The molecule has 0 radical (unpaired) electrons. The van der Waals surface area contributed by atoms with Crippen molar-refractivity contribution in [2.45, 2.75) is 38.2 Å². The number of halogens is 1. The summed E-state index contributed by atoms with van der Waals surface area (Å²) in [5.74, 6) is -0.285. The predicted octanol–water partition coefficient (Wildman–Crippen LogP) is 2.16. The van der Waals surface area contributed by atoms with Crippen LogP contribution in [-0.4, -0.2) is 42.5 Å². The molecule has 1 spiro atoms. The van der Waals surface area contributed by atoms with Crippen LogP contribution < -0.4 is 5.73 Å². The fourth-order valence-electron chi connectivity index (χ4n) is 3.82. The van der Waals surface area contributed by atoms with E-state index >= 15 is 0 Å². The van der Waals surface area contributed by atoms with Gasteiger partial charge in [0.15, 0.2) is 0 Å². The van der Waals surface area contributed by atoms with Crippen LogP contribution in [0.4, 0.5) is 0 Å². The van der Waals surface area contributed by atoms with Crippen LogP contribution in [0.2, 0.25) is 5.02 Å². The number of carbonyl (C=O) groups is 2. The van der Waals surface area contributed by atoms with E-state index in [4.69, 9.17) is 22.1 Å². The van der Waals surface area contributed by atoms with E-state index in [9.17, 15) is 9.59 Å². The van der Waals surface area contributed by atoms with Gasteiger partial charge < -0.3 is 15.4 Å². The number of hydrogen-bond donors (Lipinski definition) is 1. The van der Waals surface area contributed by atoms with Crippen molar-refractivity contribution in [2.24, 2.45) is 11.1 Å². The molecule has 0 aromatic heterocycles. The Hall–Kier alpha value is -1.59. The third kappa shape index (κ3) is 3.73. The zero-order valence-electron chi connectivity index (χ0n) is 13.7. The maximum atomic E-state index is 12.5. The molecule has 2 fully saturated rings. The van der Waals surface area contributed by atoms with Gasteiger partial charge in [0.25, 0.3) is 0 Å². The van der Waals surface area contributed by atoms with E-state index in [1.165, 1.54) is 0 Å². The van der Waals surface area contributed by atoms with Crippen LogP contribution in [0.3, 0.4) is 0 Å². The van der Waals surface area contributed by atoms with Crippen molar-refractivity contribution in [1.82, 2.24) is 4.90 Å².